The summed E-state index contributed by atoms with van der Waals surface area (Å²) in [6.45, 7) is 3.32. The zero-order valence-corrected chi connectivity index (χ0v) is 10.8. The maximum atomic E-state index is 13.5. The molecule has 6 heteroatoms. The van der Waals surface area contributed by atoms with Gasteiger partial charge < -0.3 is 4.74 Å². The van der Waals surface area contributed by atoms with Crippen molar-refractivity contribution in [1.29, 1.82) is 0 Å². The lowest BCUT2D eigenvalue weighted by molar-refractivity contribution is -0.239. The number of para-hydroxylation sites is 1. The molecule has 0 aliphatic carbocycles. The summed E-state index contributed by atoms with van der Waals surface area (Å²) >= 11 is 0. The highest BCUT2D eigenvalue weighted by Crippen LogP contribution is 2.47. The van der Waals surface area contributed by atoms with Gasteiger partial charge in [0.05, 0.1) is 5.69 Å². The van der Waals surface area contributed by atoms with Crippen LogP contribution in [0.4, 0.5) is 23.7 Å². The number of hydrogen-bond donors (Lipinski definition) is 1. The van der Waals surface area contributed by atoms with E-state index in [-0.39, 0.29) is 17.2 Å². The van der Waals surface area contributed by atoms with Crippen LogP contribution in [0.2, 0.25) is 0 Å². The largest absolute Gasteiger partial charge is 0.445 e. The van der Waals surface area contributed by atoms with Crippen LogP contribution in [0.5, 0.6) is 0 Å². The van der Waals surface area contributed by atoms with Crippen molar-refractivity contribution in [2.45, 2.75) is 25.6 Å². The van der Waals surface area contributed by atoms with Crippen molar-refractivity contribution in [1.82, 2.24) is 0 Å². The van der Waals surface area contributed by atoms with Gasteiger partial charge in [0.15, 0.2) is 0 Å². The summed E-state index contributed by atoms with van der Waals surface area (Å²) in [6, 6.07) is 5.60. The average molecular weight is 283 g/mol. The van der Waals surface area contributed by atoms with Gasteiger partial charge in [-0.05, 0) is 12.0 Å². The smallest absolute Gasteiger partial charge is 0.415 e. The van der Waals surface area contributed by atoms with Crippen molar-refractivity contribution < 1.29 is 22.7 Å². The third kappa shape index (κ3) is 2.31. The zero-order chi connectivity index (χ0) is 15.0. The Morgan fingerprint density at radius 3 is 2.55 bits per heavy atom. The van der Waals surface area contributed by atoms with Crippen LogP contribution in [-0.4, -0.2) is 12.3 Å². The maximum Gasteiger partial charge on any atom is 0.445 e. The van der Waals surface area contributed by atoms with Crippen LogP contribution >= 0.6 is 0 Å². The molecule has 1 atom stereocenters. The van der Waals surface area contributed by atoms with Crippen molar-refractivity contribution in [2.24, 2.45) is 5.92 Å². The van der Waals surface area contributed by atoms with E-state index in [1.165, 1.54) is 24.3 Å². The number of halogens is 3. The number of fused-ring (bicyclic) bond motifs is 1. The summed E-state index contributed by atoms with van der Waals surface area (Å²) in [6.07, 6.45) is -6.00. The van der Waals surface area contributed by atoms with E-state index in [0.717, 1.165) is 0 Å². The Balaban J connectivity index is 2.70. The van der Waals surface area contributed by atoms with Gasteiger partial charge in [0.25, 0.3) is 5.60 Å². The Labute approximate surface area is 114 Å². The fourth-order valence-electron chi connectivity index (χ4n) is 1.85. The highest BCUT2D eigenvalue weighted by molar-refractivity contribution is 5.89. The number of amides is 1. The van der Waals surface area contributed by atoms with Gasteiger partial charge in [-0.15, -0.1) is 0 Å². The number of rotatable bonds is 0. The molecule has 1 heterocycles. The summed E-state index contributed by atoms with van der Waals surface area (Å²) in [4.78, 5) is 11.4. The molecule has 1 N–H and O–H groups in total. The molecule has 1 aromatic carbocycles. The van der Waals surface area contributed by atoms with Crippen molar-refractivity contribution in [3.05, 3.63) is 29.8 Å². The van der Waals surface area contributed by atoms with E-state index in [4.69, 9.17) is 0 Å². The highest BCUT2D eigenvalue weighted by atomic mass is 19.4. The van der Waals surface area contributed by atoms with Gasteiger partial charge in [0, 0.05) is 11.5 Å². The molecule has 0 spiro atoms. The van der Waals surface area contributed by atoms with Crippen LogP contribution in [0.3, 0.4) is 0 Å². The summed E-state index contributed by atoms with van der Waals surface area (Å²) in [5.41, 5.74) is -3.07. The van der Waals surface area contributed by atoms with Gasteiger partial charge in [0.2, 0.25) is 0 Å². The molecule has 0 saturated carbocycles. The van der Waals surface area contributed by atoms with Gasteiger partial charge in [-0.25, -0.2) is 4.79 Å². The standard InChI is InChI=1S/C14H12F3NO2/c1-9(2)7-8-13(14(15,16)17)10-5-3-4-6-11(10)18-12(19)20-13/h3-6,9H,1-2H3,(H,18,19). The molecule has 1 aromatic rings. The molecule has 3 nitrogen and oxygen atoms in total. The van der Waals surface area contributed by atoms with E-state index < -0.39 is 17.9 Å². The van der Waals surface area contributed by atoms with Gasteiger partial charge in [-0.3, -0.25) is 5.32 Å². The first kappa shape index (κ1) is 14.3. The minimum atomic E-state index is -4.83. The first-order chi connectivity index (χ1) is 9.26. The monoisotopic (exact) mass is 283 g/mol. The molecule has 0 saturated heterocycles. The molecule has 1 amide bonds. The molecule has 106 valence electrons. The Bertz CT molecular complexity index is 598. The lowest BCUT2D eigenvalue weighted by Gasteiger charge is -2.35. The Morgan fingerprint density at radius 2 is 1.95 bits per heavy atom. The number of benzene rings is 1. The van der Waals surface area contributed by atoms with Crippen LogP contribution < -0.4 is 5.32 Å². The Hall–Kier alpha value is -2.16. The molecule has 1 unspecified atom stereocenters. The van der Waals surface area contributed by atoms with E-state index in [1.807, 2.05) is 0 Å². The molecule has 1 aliphatic rings. The molecule has 0 radical (unpaired) electrons. The lowest BCUT2D eigenvalue weighted by Crippen LogP contribution is -2.49. The first-order valence-corrected chi connectivity index (χ1v) is 5.95. The van der Waals surface area contributed by atoms with E-state index in [2.05, 4.69) is 21.9 Å². The molecule has 2 rings (SSSR count). The number of nitrogens with one attached hydrogen (secondary N) is 1. The number of ether oxygens (including phenoxy) is 1. The minimum Gasteiger partial charge on any atom is -0.415 e. The normalized spacial score (nSPS) is 21.4. The third-order valence-corrected chi connectivity index (χ3v) is 2.72. The fourth-order valence-corrected chi connectivity index (χ4v) is 1.85. The predicted octanol–water partition coefficient (Wildman–Crippen LogP) is 3.67. The molecule has 20 heavy (non-hydrogen) atoms. The van der Waals surface area contributed by atoms with E-state index in [1.54, 1.807) is 13.8 Å². The Morgan fingerprint density at radius 1 is 1.30 bits per heavy atom. The number of anilines is 1. The zero-order valence-electron chi connectivity index (χ0n) is 10.8. The molecular formula is C14H12F3NO2. The minimum absolute atomic E-state index is 0.0548. The second kappa shape index (κ2) is 4.75. The lowest BCUT2D eigenvalue weighted by atomic mass is 9.90. The number of carbonyl (C=O) groups is 1. The third-order valence-electron chi connectivity index (χ3n) is 2.72. The van der Waals surface area contributed by atoms with E-state index in [0.29, 0.717) is 0 Å². The van der Waals surface area contributed by atoms with Crippen LogP contribution in [0.25, 0.3) is 0 Å². The second-order valence-electron chi connectivity index (χ2n) is 4.66. The predicted molar refractivity (Wildman–Crippen MR) is 66.9 cm³/mol. The number of carbonyl (C=O) groups excluding carboxylic acids is 1. The molecular weight excluding hydrogens is 271 g/mol. The van der Waals surface area contributed by atoms with Gasteiger partial charge in [0.1, 0.15) is 0 Å². The van der Waals surface area contributed by atoms with Crippen molar-refractivity contribution in [3.8, 4) is 11.8 Å². The van der Waals surface area contributed by atoms with E-state index in [9.17, 15) is 18.0 Å². The summed E-state index contributed by atoms with van der Waals surface area (Å²) in [5, 5.41) is 2.25. The first-order valence-electron chi connectivity index (χ1n) is 5.95. The maximum absolute atomic E-state index is 13.5. The van der Waals surface area contributed by atoms with Crippen LogP contribution in [0, 0.1) is 17.8 Å². The quantitative estimate of drug-likeness (QED) is 0.738. The molecule has 1 aliphatic heterocycles. The fraction of sp³-hybridized carbons (Fsp3) is 0.357. The summed E-state index contributed by atoms with van der Waals surface area (Å²) in [5.74, 6) is 4.27. The number of cyclic esters (lactones) is 1. The molecule has 0 fully saturated rings. The van der Waals surface area contributed by atoms with Gasteiger partial charge in [-0.1, -0.05) is 38.0 Å². The second-order valence-corrected chi connectivity index (χ2v) is 4.66. The van der Waals surface area contributed by atoms with Crippen molar-refractivity contribution in [3.63, 3.8) is 0 Å². The van der Waals surface area contributed by atoms with Crippen LogP contribution in [0.1, 0.15) is 19.4 Å². The number of alkyl halides is 3. The van der Waals surface area contributed by atoms with Gasteiger partial charge in [-0.2, -0.15) is 13.2 Å². The average Bonchev–Trinajstić information content (AvgIpc) is 2.34. The SMILES string of the molecule is CC(C)C#CC1(C(F)(F)F)OC(=O)Nc2ccccc21. The topological polar surface area (TPSA) is 38.3 Å². The van der Waals surface area contributed by atoms with Gasteiger partial charge >= 0.3 is 12.3 Å². The van der Waals surface area contributed by atoms with Crippen LogP contribution in [0.15, 0.2) is 24.3 Å². The highest BCUT2D eigenvalue weighted by Gasteiger charge is 2.61. The summed E-state index contributed by atoms with van der Waals surface area (Å²) in [7, 11) is 0. The van der Waals surface area contributed by atoms with Crippen LogP contribution in [-0.2, 0) is 10.3 Å². The summed E-state index contributed by atoms with van der Waals surface area (Å²) < 4.78 is 45.0. The molecule has 0 aromatic heterocycles. The van der Waals surface area contributed by atoms with E-state index >= 15 is 0 Å². The Kier molecular flexibility index (Phi) is 3.38. The molecule has 0 bridgehead atoms. The van der Waals surface area contributed by atoms with Crippen molar-refractivity contribution in [2.75, 3.05) is 5.32 Å². The number of hydrogen-bond acceptors (Lipinski definition) is 2. The van der Waals surface area contributed by atoms with Crippen molar-refractivity contribution >= 4 is 11.8 Å².